The fourth-order valence-corrected chi connectivity index (χ4v) is 4.41. The van der Waals surface area contributed by atoms with E-state index in [-0.39, 0.29) is 5.56 Å². The molecule has 1 aliphatic heterocycles. The Balaban J connectivity index is 1.75. The molecule has 158 valence electrons. The number of phenolic OH excluding ortho intramolecular Hbond substituents is 1. The molecule has 30 heavy (non-hydrogen) atoms. The number of alkyl halides is 3. The van der Waals surface area contributed by atoms with Crippen LogP contribution in [-0.2, 0) is 6.18 Å². The minimum Gasteiger partial charge on any atom is -0.507 e. The molecule has 0 spiro atoms. The second-order valence-electron chi connectivity index (χ2n) is 7.93. The normalized spacial score (nSPS) is 18.1. The van der Waals surface area contributed by atoms with Crippen LogP contribution in [0.3, 0.4) is 0 Å². The Labute approximate surface area is 173 Å². The van der Waals surface area contributed by atoms with Crippen LogP contribution in [0.5, 0.6) is 5.75 Å². The molecule has 0 amide bonds. The number of piperidine rings is 1. The molecule has 0 aliphatic carbocycles. The molecular formula is C23H24F3N3O. The van der Waals surface area contributed by atoms with Gasteiger partial charge in [-0.15, -0.1) is 10.2 Å². The summed E-state index contributed by atoms with van der Waals surface area (Å²) in [7, 11) is 0. The first-order valence-electron chi connectivity index (χ1n) is 10.2. The fourth-order valence-electron chi connectivity index (χ4n) is 4.41. The summed E-state index contributed by atoms with van der Waals surface area (Å²) in [6.45, 7) is 6.81. The van der Waals surface area contributed by atoms with Crippen molar-refractivity contribution in [1.29, 1.82) is 0 Å². The van der Waals surface area contributed by atoms with Crippen LogP contribution in [-0.4, -0.2) is 39.8 Å². The highest BCUT2D eigenvalue weighted by Gasteiger charge is 2.32. The number of aromatic nitrogens is 2. The Morgan fingerprint density at radius 2 is 1.97 bits per heavy atom. The predicted octanol–water partition coefficient (Wildman–Crippen LogP) is 5.53. The molecule has 1 N–H and O–H groups in total. The first-order valence-corrected chi connectivity index (χ1v) is 10.2. The molecule has 0 bridgehead atoms. The number of likely N-dealkylation sites (tertiary alicyclic amines) is 1. The van der Waals surface area contributed by atoms with Crippen LogP contribution in [0.4, 0.5) is 13.2 Å². The number of hydrogen-bond acceptors (Lipinski definition) is 4. The maximum absolute atomic E-state index is 13.0. The molecule has 1 fully saturated rings. The second kappa shape index (κ2) is 7.87. The minimum absolute atomic E-state index is 0.276. The summed E-state index contributed by atoms with van der Waals surface area (Å²) < 4.78 is 39.1. The molecule has 0 radical (unpaired) electrons. The summed E-state index contributed by atoms with van der Waals surface area (Å²) in [5.74, 6) is -0.0678. The lowest BCUT2D eigenvalue weighted by atomic mass is 9.89. The van der Waals surface area contributed by atoms with E-state index in [9.17, 15) is 18.3 Å². The summed E-state index contributed by atoms with van der Waals surface area (Å²) in [4.78, 5) is 2.43. The average Bonchev–Trinajstić information content (AvgIpc) is 2.72. The van der Waals surface area contributed by atoms with E-state index >= 15 is 0 Å². The summed E-state index contributed by atoms with van der Waals surface area (Å²) in [6, 6.07) is 9.55. The number of hydrogen-bond donors (Lipinski definition) is 1. The van der Waals surface area contributed by atoms with Crippen LogP contribution in [0.15, 0.2) is 36.4 Å². The molecule has 1 atom stereocenters. The van der Waals surface area contributed by atoms with Crippen LogP contribution in [0.25, 0.3) is 22.2 Å². The van der Waals surface area contributed by atoms with Crippen molar-refractivity contribution < 1.29 is 18.3 Å². The lowest BCUT2D eigenvalue weighted by Crippen LogP contribution is -2.34. The molecule has 7 heteroatoms. The Kier molecular flexibility index (Phi) is 5.40. The van der Waals surface area contributed by atoms with Gasteiger partial charge in [-0.3, -0.25) is 0 Å². The number of nitrogens with zero attached hydrogens (tertiary/aromatic N) is 3. The number of aromatic hydroxyl groups is 1. The zero-order valence-electron chi connectivity index (χ0n) is 17.0. The maximum Gasteiger partial charge on any atom is 0.416 e. The average molecular weight is 415 g/mol. The van der Waals surface area contributed by atoms with Crippen molar-refractivity contribution in [1.82, 2.24) is 15.1 Å². The third-order valence-electron chi connectivity index (χ3n) is 5.94. The molecule has 0 saturated carbocycles. The number of benzene rings is 2. The predicted molar refractivity (Wildman–Crippen MR) is 110 cm³/mol. The highest BCUT2D eigenvalue weighted by Crippen LogP contribution is 2.39. The molecule has 1 saturated heterocycles. The molecule has 2 aromatic carbocycles. The number of phenols is 1. The standard InChI is InChI=1S/C23H24F3N3O/c1-3-29-9-5-7-16(13-29)18-8-4-6-15-11-19(27-28-22(15)18)21-14(2)10-17(12-20(21)30)23(24,25)26/h4,6,8,10-12,16,30H,3,5,7,9,13H2,1-2H3/t16-/m0/s1. The van der Waals surface area contributed by atoms with E-state index in [1.165, 1.54) is 6.92 Å². The summed E-state index contributed by atoms with van der Waals surface area (Å²) in [6.07, 6.45) is -2.28. The Hall–Kier alpha value is -2.67. The van der Waals surface area contributed by atoms with E-state index in [1.807, 2.05) is 12.1 Å². The van der Waals surface area contributed by atoms with Gasteiger partial charge in [-0.1, -0.05) is 25.1 Å². The lowest BCUT2D eigenvalue weighted by molar-refractivity contribution is -0.137. The SMILES string of the molecule is CCN1CCC[C@H](c2cccc3cc(-c4c(C)cc(C(F)(F)F)cc4O)nnc23)C1. The Bertz CT molecular complexity index is 1060. The molecule has 4 rings (SSSR count). The molecule has 1 aromatic heterocycles. The number of halogens is 3. The second-order valence-corrected chi connectivity index (χ2v) is 7.93. The summed E-state index contributed by atoms with van der Waals surface area (Å²) in [5, 5.41) is 19.9. The van der Waals surface area contributed by atoms with Gasteiger partial charge in [-0.2, -0.15) is 13.2 Å². The molecule has 4 nitrogen and oxygen atoms in total. The van der Waals surface area contributed by atoms with Crippen molar-refractivity contribution >= 4 is 10.9 Å². The number of likely N-dealkylation sites (N-methyl/N-ethyl adjacent to an activating group) is 1. The van der Waals surface area contributed by atoms with E-state index < -0.39 is 17.5 Å². The van der Waals surface area contributed by atoms with Gasteiger partial charge in [0.1, 0.15) is 5.75 Å². The van der Waals surface area contributed by atoms with Crippen LogP contribution >= 0.6 is 0 Å². The zero-order chi connectivity index (χ0) is 21.5. The Morgan fingerprint density at radius 1 is 1.17 bits per heavy atom. The van der Waals surface area contributed by atoms with Crippen LogP contribution in [0.2, 0.25) is 0 Å². The van der Waals surface area contributed by atoms with E-state index in [0.717, 1.165) is 61.1 Å². The molecule has 1 aliphatic rings. The van der Waals surface area contributed by atoms with Crippen molar-refractivity contribution in [2.24, 2.45) is 0 Å². The number of fused-ring (bicyclic) bond motifs is 1. The topological polar surface area (TPSA) is 49.2 Å². The first kappa shape index (κ1) is 20.6. The third-order valence-corrected chi connectivity index (χ3v) is 5.94. The lowest BCUT2D eigenvalue weighted by Gasteiger charge is -2.32. The van der Waals surface area contributed by atoms with E-state index in [0.29, 0.717) is 17.2 Å². The number of rotatable bonds is 3. The molecular weight excluding hydrogens is 391 g/mol. The first-order chi connectivity index (χ1) is 14.3. The van der Waals surface area contributed by atoms with Gasteiger partial charge in [0.15, 0.2) is 0 Å². The number of aryl methyl sites for hydroxylation is 1. The van der Waals surface area contributed by atoms with E-state index in [1.54, 1.807) is 6.07 Å². The van der Waals surface area contributed by atoms with Gasteiger partial charge in [0.05, 0.1) is 16.8 Å². The molecule has 0 unspecified atom stereocenters. The zero-order valence-corrected chi connectivity index (χ0v) is 17.0. The van der Waals surface area contributed by atoms with Crippen molar-refractivity contribution in [2.45, 2.75) is 38.8 Å². The highest BCUT2D eigenvalue weighted by atomic mass is 19.4. The fraction of sp³-hybridized carbons (Fsp3) is 0.391. The highest BCUT2D eigenvalue weighted by molar-refractivity contribution is 5.86. The van der Waals surface area contributed by atoms with Gasteiger partial charge in [-0.25, -0.2) is 0 Å². The van der Waals surface area contributed by atoms with Gasteiger partial charge in [0.2, 0.25) is 0 Å². The summed E-state index contributed by atoms with van der Waals surface area (Å²) >= 11 is 0. The van der Waals surface area contributed by atoms with E-state index in [2.05, 4.69) is 28.1 Å². The molecule has 2 heterocycles. The summed E-state index contributed by atoms with van der Waals surface area (Å²) in [5.41, 5.74) is 2.03. The van der Waals surface area contributed by atoms with Crippen molar-refractivity contribution in [3.05, 3.63) is 53.1 Å². The smallest absolute Gasteiger partial charge is 0.416 e. The third kappa shape index (κ3) is 3.86. The van der Waals surface area contributed by atoms with Gasteiger partial charge >= 0.3 is 6.18 Å². The Morgan fingerprint density at radius 3 is 2.67 bits per heavy atom. The monoisotopic (exact) mass is 415 g/mol. The van der Waals surface area contributed by atoms with Gasteiger partial charge in [-0.05, 0) is 68.1 Å². The minimum atomic E-state index is -4.52. The van der Waals surface area contributed by atoms with Gasteiger partial charge in [0.25, 0.3) is 0 Å². The van der Waals surface area contributed by atoms with E-state index in [4.69, 9.17) is 0 Å². The quantitative estimate of drug-likeness (QED) is 0.611. The van der Waals surface area contributed by atoms with Gasteiger partial charge < -0.3 is 10.0 Å². The van der Waals surface area contributed by atoms with Crippen LogP contribution in [0.1, 0.15) is 42.4 Å². The van der Waals surface area contributed by atoms with Crippen molar-refractivity contribution in [3.63, 3.8) is 0 Å². The molecule has 3 aromatic rings. The maximum atomic E-state index is 13.0. The van der Waals surface area contributed by atoms with Crippen LogP contribution in [0, 0.1) is 6.92 Å². The van der Waals surface area contributed by atoms with Crippen LogP contribution < -0.4 is 0 Å². The largest absolute Gasteiger partial charge is 0.507 e. The van der Waals surface area contributed by atoms with Crippen molar-refractivity contribution in [2.75, 3.05) is 19.6 Å². The van der Waals surface area contributed by atoms with Gasteiger partial charge in [0, 0.05) is 17.5 Å². The van der Waals surface area contributed by atoms with Crippen molar-refractivity contribution in [3.8, 4) is 17.0 Å².